The Hall–Kier alpha value is -1.59. The lowest BCUT2D eigenvalue weighted by molar-refractivity contribution is -0.930. The normalized spacial score (nSPS) is 21.5. The molecule has 1 N–H and O–H groups in total. The van der Waals surface area contributed by atoms with E-state index in [1.165, 1.54) is 44.1 Å². The molecular formula is C25H42NO4+. The van der Waals surface area contributed by atoms with Crippen LogP contribution in [0.4, 0.5) is 0 Å². The lowest BCUT2D eigenvalue weighted by Crippen LogP contribution is -2.59. The predicted molar refractivity (Wildman–Crippen MR) is 121 cm³/mol. The number of aliphatic carboxylic acids is 1. The number of carboxylic acids is 1. The van der Waals surface area contributed by atoms with Gasteiger partial charge in [-0.05, 0) is 43.4 Å². The standard InChI is InChI=1S/C25H41NO4/c1-3-4-5-6-7-8-11-22-13-15-23(16-14-22)30-21-20-29-19-18-26(2)17-10-9-12-24(26)25(27)28/h13-16,24H,3-12,17-21H2,1-2H3/p+1. The molecule has 5 nitrogen and oxygen atoms in total. The van der Waals surface area contributed by atoms with Crippen molar-refractivity contribution >= 4 is 5.97 Å². The van der Waals surface area contributed by atoms with Crippen molar-refractivity contribution in [2.45, 2.75) is 77.2 Å². The maximum atomic E-state index is 11.5. The third-order valence-electron chi connectivity index (χ3n) is 6.42. The van der Waals surface area contributed by atoms with Crippen molar-refractivity contribution in [3.63, 3.8) is 0 Å². The van der Waals surface area contributed by atoms with E-state index in [0.29, 0.717) is 24.3 Å². The number of hydrogen-bond donors (Lipinski definition) is 1. The van der Waals surface area contributed by atoms with Crippen LogP contribution < -0.4 is 4.74 Å². The zero-order chi connectivity index (χ0) is 21.7. The molecule has 1 aliphatic heterocycles. The molecule has 2 unspecified atom stereocenters. The molecule has 1 heterocycles. The number of benzene rings is 1. The minimum Gasteiger partial charge on any atom is -0.491 e. The number of ether oxygens (including phenoxy) is 2. The van der Waals surface area contributed by atoms with E-state index < -0.39 is 5.97 Å². The minimum absolute atomic E-state index is 0.298. The first kappa shape index (κ1) is 24.7. The summed E-state index contributed by atoms with van der Waals surface area (Å²) in [6, 6.07) is 8.12. The molecule has 1 saturated heterocycles. The molecule has 5 heteroatoms. The molecule has 2 rings (SSSR count). The third-order valence-corrected chi connectivity index (χ3v) is 6.42. The molecule has 1 fully saturated rings. The summed E-state index contributed by atoms with van der Waals surface area (Å²) in [6.45, 7) is 5.52. The van der Waals surface area contributed by atoms with Crippen LogP contribution in [0.1, 0.15) is 70.3 Å². The molecule has 0 bridgehead atoms. The van der Waals surface area contributed by atoms with Crippen molar-refractivity contribution in [3.05, 3.63) is 29.8 Å². The largest absolute Gasteiger partial charge is 0.491 e. The van der Waals surface area contributed by atoms with Crippen LogP contribution in [-0.4, -0.2) is 61.6 Å². The number of piperidine rings is 1. The molecule has 0 spiro atoms. The van der Waals surface area contributed by atoms with Gasteiger partial charge >= 0.3 is 5.97 Å². The van der Waals surface area contributed by atoms with Crippen molar-refractivity contribution in [1.82, 2.24) is 0 Å². The Kier molecular flexibility index (Phi) is 11.2. The third kappa shape index (κ3) is 8.65. The minimum atomic E-state index is -0.680. The van der Waals surface area contributed by atoms with E-state index in [0.717, 1.165) is 44.5 Å². The maximum Gasteiger partial charge on any atom is 0.362 e. The van der Waals surface area contributed by atoms with Gasteiger partial charge in [-0.3, -0.25) is 0 Å². The Morgan fingerprint density at radius 1 is 1.03 bits per heavy atom. The fraction of sp³-hybridized carbons (Fsp3) is 0.720. The van der Waals surface area contributed by atoms with Gasteiger partial charge in [-0.15, -0.1) is 0 Å². The monoisotopic (exact) mass is 420 g/mol. The summed E-state index contributed by atoms with van der Waals surface area (Å²) in [7, 11) is 2.05. The van der Waals surface area contributed by atoms with Crippen LogP contribution in [0.5, 0.6) is 5.75 Å². The molecule has 0 saturated carbocycles. The van der Waals surface area contributed by atoms with Gasteiger partial charge in [0.15, 0.2) is 6.04 Å². The average molecular weight is 421 g/mol. The van der Waals surface area contributed by atoms with Crippen LogP contribution in [0.3, 0.4) is 0 Å². The molecular weight excluding hydrogens is 378 g/mol. The highest BCUT2D eigenvalue weighted by molar-refractivity contribution is 5.72. The highest BCUT2D eigenvalue weighted by Gasteiger charge is 2.40. The Morgan fingerprint density at radius 3 is 2.50 bits per heavy atom. The summed E-state index contributed by atoms with van der Waals surface area (Å²) in [5.41, 5.74) is 1.38. The number of likely N-dealkylation sites (tertiary alicyclic amines) is 1. The fourth-order valence-electron chi connectivity index (χ4n) is 4.39. The second kappa shape index (κ2) is 13.7. The quantitative estimate of drug-likeness (QED) is 0.318. The number of aryl methyl sites for hydroxylation is 1. The van der Waals surface area contributed by atoms with E-state index in [9.17, 15) is 9.90 Å². The van der Waals surface area contributed by atoms with Crippen LogP contribution in [0.15, 0.2) is 24.3 Å². The Balaban J connectivity index is 1.57. The van der Waals surface area contributed by atoms with Gasteiger partial charge in [0.05, 0.1) is 26.8 Å². The second-order valence-electron chi connectivity index (χ2n) is 8.90. The van der Waals surface area contributed by atoms with Gasteiger partial charge in [0, 0.05) is 6.42 Å². The first-order valence-electron chi connectivity index (χ1n) is 11.9. The maximum absolute atomic E-state index is 11.5. The van der Waals surface area contributed by atoms with Gasteiger partial charge < -0.3 is 19.1 Å². The van der Waals surface area contributed by atoms with Crippen molar-refractivity contribution in [3.8, 4) is 5.75 Å². The van der Waals surface area contributed by atoms with E-state index in [4.69, 9.17) is 9.47 Å². The second-order valence-corrected chi connectivity index (χ2v) is 8.90. The van der Waals surface area contributed by atoms with Crippen molar-refractivity contribution in [1.29, 1.82) is 0 Å². The molecule has 1 aromatic rings. The predicted octanol–water partition coefficient (Wildman–Crippen LogP) is 5.07. The first-order chi connectivity index (χ1) is 14.5. The topological polar surface area (TPSA) is 55.8 Å². The fourth-order valence-corrected chi connectivity index (χ4v) is 4.39. The Morgan fingerprint density at radius 2 is 1.77 bits per heavy atom. The summed E-state index contributed by atoms with van der Waals surface area (Å²) in [4.78, 5) is 11.5. The van der Waals surface area contributed by atoms with Crippen LogP contribution in [0.25, 0.3) is 0 Å². The molecule has 170 valence electrons. The smallest absolute Gasteiger partial charge is 0.362 e. The van der Waals surface area contributed by atoms with E-state index >= 15 is 0 Å². The summed E-state index contributed by atoms with van der Waals surface area (Å²) in [5.74, 6) is 0.201. The summed E-state index contributed by atoms with van der Waals surface area (Å²) < 4.78 is 12.1. The lowest BCUT2D eigenvalue weighted by atomic mass is 9.99. The molecule has 0 aliphatic carbocycles. The number of nitrogens with zero attached hydrogens (tertiary/aromatic N) is 1. The highest BCUT2D eigenvalue weighted by atomic mass is 16.5. The summed E-state index contributed by atoms with van der Waals surface area (Å²) >= 11 is 0. The van der Waals surface area contributed by atoms with Crippen molar-refractivity contribution < 1.29 is 23.9 Å². The van der Waals surface area contributed by atoms with E-state index in [-0.39, 0.29) is 6.04 Å². The molecule has 0 aromatic heterocycles. The molecule has 0 amide bonds. The van der Waals surface area contributed by atoms with Gasteiger partial charge in [-0.1, -0.05) is 51.2 Å². The Labute approximate surface area is 183 Å². The lowest BCUT2D eigenvalue weighted by Gasteiger charge is -2.42. The highest BCUT2D eigenvalue weighted by Crippen LogP contribution is 2.23. The summed E-state index contributed by atoms with van der Waals surface area (Å²) in [5, 5.41) is 9.48. The van der Waals surface area contributed by atoms with Crippen LogP contribution in [0.2, 0.25) is 0 Å². The zero-order valence-corrected chi connectivity index (χ0v) is 19.1. The van der Waals surface area contributed by atoms with Gasteiger partial charge in [0.1, 0.15) is 18.9 Å². The van der Waals surface area contributed by atoms with Crippen molar-refractivity contribution in [2.24, 2.45) is 0 Å². The Bertz CT molecular complexity index is 604. The number of carboxylic acid groups (broad SMARTS) is 1. The van der Waals surface area contributed by atoms with Crippen LogP contribution in [-0.2, 0) is 16.0 Å². The van der Waals surface area contributed by atoms with E-state index in [1.54, 1.807) is 0 Å². The number of likely N-dealkylation sites (N-methyl/N-ethyl adjacent to an activating group) is 1. The van der Waals surface area contributed by atoms with Crippen LogP contribution in [0, 0.1) is 0 Å². The van der Waals surface area contributed by atoms with Gasteiger partial charge in [-0.2, -0.15) is 0 Å². The molecule has 1 aliphatic rings. The van der Waals surface area contributed by atoms with Crippen molar-refractivity contribution in [2.75, 3.05) is 40.0 Å². The van der Waals surface area contributed by atoms with Gasteiger partial charge in [-0.25, -0.2) is 4.79 Å². The zero-order valence-electron chi connectivity index (χ0n) is 19.1. The molecule has 1 aromatic carbocycles. The van der Waals surface area contributed by atoms with Gasteiger partial charge in [0.25, 0.3) is 0 Å². The molecule has 0 radical (unpaired) electrons. The molecule has 2 atom stereocenters. The number of rotatable bonds is 15. The number of hydrogen-bond acceptors (Lipinski definition) is 3. The van der Waals surface area contributed by atoms with Crippen LogP contribution >= 0.6 is 0 Å². The van der Waals surface area contributed by atoms with E-state index in [1.807, 2.05) is 19.2 Å². The van der Waals surface area contributed by atoms with Gasteiger partial charge in [0.2, 0.25) is 0 Å². The molecule has 30 heavy (non-hydrogen) atoms. The first-order valence-corrected chi connectivity index (χ1v) is 11.9. The number of unbranched alkanes of at least 4 members (excludes halogenated alkanes) is 5. The number of quaternary nitrogens is 1. The SMILES string of the molecule is CCCCCCCCc1ccc(OCCOCC[N+]2(C)CCCCC2C(=O)O)cc1. The average Bonchev–Trinajstić information content (AvgIpc) is 2.74. The van der Waals surface area contributed by atoms with E-state index in [2.05, 4.69) is 19.1 Å². The summed E-state index contributed by atoms with van der Waals surface area (Å²) in [6.07, 6.45) is 12.0. The number of carbonyl (C=O) groups is 1.